The van der Waals surface area contributed by atoms with Gasteiger partial charge < -0.3 is 39.2 Å². The van der Waals surface area contributed by atoms with Gasteiger partial charge in [0.15, 0.2) is 6.40 Å². The van der Waals surface area contributed by atoms with Crippen molar-refractivity contribution < 1.29 is 9.53 Å². The number of piperazine rings is 1. The number of carbonyl (C=O) groups excluding carboxylic acids is 1. The molecule has 46 heavy (non-hydrogen) atoms. The molecule has 1 amide bonds. The molecule has 11 heteroatoms. The third-order valence-electron chi connectivity index (χ3n) is 7.74. The van der Waals surface area contributed by atoms with Gasteiger partial charge in [-0.15, -0.1) is 0 Å². The van der Waals surface area contributed by atoms with E-state index in [2.05, 4.69) is 63.1 Å². The number of anilines is 1. The normalized spacial score (nSPS) is 16.2. The number of hydrogen-bond acceptors (Lipinski definition) is 8. The van der Waals surface area contributed by atoms with Crippen molar-refractivity contribution in [2.45, 2.75) is 31.7 Å². The van der Waals surface area contributed by atoms with Gasteiger partial charge in [-0.1, -0.05) is 37.4 Å². The van der Waals surface area contributed by atoms with Crippen LogP contribution in [-0.2, 0) is 9.53 Å². The standard InChI is InChI=1S/C28H35N7O2.C5H11N.2CH3.Es/c1-5-26(36)35-19-18-34(20-24(35)10-13-29)27(30-3)22(2)12-16-33(17-15-31-21-37-4)28-25-9-7-6-8-23(25)11-14-32-28;1-6-4-2-3-5-6;;;/h5-9,11,14,21,24H,1-2,10,12,15-20H2,3-4H3;2-5H2,1H3;2*1H3;/q;;2*-1;. The van der Waals surface area contributed by atoms with E-state index >= 15 is 0 Å². The first-order valence-electron chi connectivity index (χ1n) is 14.9. The van der Waals surface area contributed by atoms with Crippen molar-refractivity contribution >= 4 is 34.7 Å². The molecule has 3 heterocycles. The number of amides is 1. The number of carbonyl (C=O) groups is 1. The molecule has 0 bridgehead atoms. The van der Waals surface area contributed by atoms with Gasteiger partial charge in [-0.2, -0.15) is 5.26 Å². The van der Waals surface area contributed by atoms with Crippen molar-refractivity contribution in [1.82, 2.24) is 19.7 Å². The molecule has 1 unspecified atom stereocenters. The molecule has 0 spiro atoms. The number of hydrogen-bond donors (Lipinski definition) is 0. The Labute approximate surface area is 271 Å². The van der Waals surface area contributed by atoms with Crippen molar-refractivity contribution in [3.8, 4) is 6.07 Å². The Morgan fingerprint density at radius 1 is 1.17 bits per heavy atom. The Bertz CT molecular complexity index is 1310. The zero-order valence-electron chi connectivity index (χ0n) is 28.3. The maximum Gasteiger partial charge on any atom is 0.246 e. The Morgan fingerprint density at radius 2 is 1.89 bits per heavy atom. The molecular formula is C35H52EsN8O2-2. The minimum absolute atomic E-state index is 0. The zero-order chi connectivity index (χ0) is 31.0. The molecule has 2 aromatic rings. The van der Waals surface area contributed by atoms with E-state index in [-0.39, 0.29) is 33.2 Å². The van der Waals surface area contributed by atoms with E-state index in [9.17, 15) is 10.1 Å². The summed E-state index contributed by atoms with van der Waals surface area (Å²) in [6, 6.07) is 12.2. The summed E-state index contributed by atoms with van der Waals surface area (Å²) in [5.41, 5.74) is 0.896. The number of rotatable bonds is 11. The molecule has 0 N–H and O–H groups in total. The van der Waals surface area contributed by atoms with Crippen molar-refractivity contribution in [3.63, 3.8) is 0 Å². The fourth-order valence-corrected chi connectivity index (χ4v) is 5.50. The van der Waals surface area contributed by atoms with Gasteiger partial charge in [0.2, 0.25) is 5.91 Å². The summed E-state index contributed by atoms with van der Waals surface area (Å²) < 4.78 is 4.96. The summed E-state index contributed by atoms with van der Waals surface area (Å²) in [4.78, 5) is 34.2. The number of aromatic nitrogens is 1. The van der Waals surface area contributed by atoms with Gasteiger partial charge in [-0.25, -0.2) is 4.98 Å². The molecular weight excluding hydrogens is 816 g/mol. The molecule has 10 nitrogen and oxygen atoms in total. The number of methoxy groups -OCH3 is 1. The summed E-state index contributed by atoms with van der Waals surface area (Å²) in [6.07, 6.45) is 8.33. The summed E-state index contributed by atoms with van der Waals surface area (Å²) >= 11 is 0. The fourth-order valence-electron chi connectivity index (χ4n) is 5.50. The number of amidine groups is 1. The molecule has 0 aliphatic carbocycles. The second-order valence-electron chi connectivity index (χ2n) is 10.7. The van der Waals surface area contributed by atoms with Crippen LogP contribution in [0.15, 0.2) is 71.3 Å². The van der Waals surface area contributed by atoms with Crippen LogP contribution in [0.2, 0.25) is 0 Å². The maximum atomic E-state index is 12.3. The second-order valence-corrected chi connectivity index (χ2v) is 10.7. The topological polar surface area (TPSA) is 101 Å². The van der Waals surface area contributed by atoms with E-state index in [0.29, 0.717) is 45.7 Å². The number of likely N-dealkylation sites (tertiary alicyclic amines) is 1. The van der Waals surface area contributed by atoms with Crippen LogP contribution in [0.1, 0.15) is 25.7 Å². The minimum Gasteiger partial charge on any atom is -0.487 e. The molecule has 4 rings (SSSR count). The smallest absolute Gasteiger partial charge is 0.246 e. The monoisotopic (exact) mass is 869 g/mol. The van der Waals surface area contributed by atoms with E-state index < -0.39 is 0 Å². The van der Waals surface area contributed by atoms with E-state index in [1.54, 1.807) is 19.1 Å². The molecule has 0 saturated carbocycles. The molecule has 2 aliphatic rings. The number of aliphatic imine (C=N–C) groups is 2. The number of fused-ring (bicyclic) bond motifs is 1. The van der Waals surface area contributed by atoms with Crippen LogP contribution >= 0.6 is 0 Å². The molecule has 2 saturated heterocycles. The van der Waals surface area contributed by atoms with Crippen molar-refractivity contribution in [3.05, 3.63) is 76.2 Å². The molecule has 1 aromatic heterocycles. The Kier molecular flexibility index (Phi) is 19.0. The van der Waals surface area contributed by atoms with Gasteiger partial charge in [0, 0.05) is 51.4 Å². The average Bonchev–Trinajstić information content (AvgIpc) is 3.52. The Balaban J connectivity index is 0.00000202. The second kappa shape index (κ2) is 21.5. The van der Waals surface area contributed by atoms with Gasteiger partial charge in [-0.3, -0.25) is 14.8 Å². The van der Waals surface area contributed by atoms with Crippen molar-refractivity contribution in [2.24, 2.45) is 9.98 Å². The number of nitrogens with zero attached hydrogens (tertiary/aromatic N) is 8. The number of pyridine rings is 1. The first kappa shape index (κ1) is 40.8. The Morgan fingerprint density at radius 3 is 2.50 bits per heavy atom. The predicted molar refractivity (Wildman–Crippen MR) is 188 cm³/mol. The third kappa shape index (κ3) is 11.4. The van der Waals surface area contributed by atoms with E-state index in [4.69, 9.17) is 9.72 Å². The Hall–Kier alpha value is -5.23. The van der Waals surface area contributed by atoms with Gasteiger partial charge in [0.25, 0.3) is 0 Å². The molecule has 2 fully saturated rings. The first-order valence-corrected chi connectivity index (χ1v) is 14.9. The predicted octanol–water partition coefficient (Wildman–Crippen LogP) is 4.92. The number of ether oxygens (including phenoxy) is 1. The van der Waals surface area contributed by atoms with Crippen LogP contribution < -0.4 is 4.90 Å². The quantitative estimate of drug-likeness (QED) is 0.137. The van der Waals surface area contributed by atoms with Crippen LogP contribution in [-0.4, -0.2) is 117 Å². The number of benzene rings is 1. The maximum absolute atomic E-state index is 12.3. The molecule has 1 atom stereocenters. The van der Waals surface area contributed by atoms with Crippen molar-refractivity contribution in [2.75, 3.05) is 78.5 Å². The summed E-state index contributed by atoms with van der Waals surface area (Å²) in [5, 5.41) is 11.5. The first-order chi connectivity index (χ1) is 20.9. The van der Waals surface area contributed by atoms with Crippen LogP contribution in [0.4, 0.5) is 5.82 Å². The molecule has 2 aliphatic heterocycles. The molecule has 1 radical (unpaired) electrons. The van der Waals surface area contributed by atoms with E-state index in [1.165, 1.54) is 38.4 Å². The van der Waals surface area contributed by atoms with Crippen LogP contribution in [0.5, 0.6) is 0 Å². The largest absolute Gasteiger partial charge is 0.487 e. The van der Waals surface area contributed by atoms with Gasteiger partial charge in [0.1, 0.15) is 11.7 Å². The SMILES string of the molecule is C=CC(=O)N1CCN(C(=NC)C(=C)CCN(CCN=COC)c2nccc3ccccc23)CC1CC#N.CN1CCCC1.[CH3-].[CH3-].[Es]. The van der Waals surface area contributed by atoms with Crippen LogP contribution in [0.25, 0.3) is 10.8 Å². The summed E-state index contributed by atoms with van der Waals surface area (Å²) in [6.45, 7) is 14.1. The summed E-state index contributed by atoms with van der Waals surface area (Å²) in [5.74, 6) is 1.55. The van der Waals surface area contributed by atoms with Crippen molar-refractivity contribution in [1.29, 1.82) is 5.26 Å². The van der Waals surface area contributed by atoms with Crippen LogP contribution in [0, 0.1) is 26.2 Å². The van der Waals surface area contributed by atoms with E-state index in [0.717, 1.165) is 28.0 Å². The van der Waals surface area contributed by atoms with Crippen LogP contribution in [0.3, 0.4) is 0 Å². The number of nitriles is 1. The summed E-state index contributed by atoms with van der Waals surface area (Å²) in [7, 11) is 5.51. The average molecular weight is 869 g/mol. The fraction of sp³-hybridized carbons (Fsp3) is 0.457. The van der Waals surface area contributed by atoms with Gasteiger partial charge >= 0.3 is 0 Å². The molecule has 1 aromatic carbocycles. The molecule has 257 valence electrons. The van der Waals surface area contributed by atoms with Gasteiger partial charge in [0.05, 0.1) is 32.2 Å². The minimum atomic E-state index is -0.219. The van der Waals surface area contributed by atoms with Gasteiger partial charge in [-0.05, 0) is 62.5 Å². The zero-order valence-corrected chi connectivity index (χ0v) is 30.8. The third-order valence-corrected chi connectivity index (χ3v) is 7.74. The van der Waals surface area contributed by atoms with E-state index in [1.807, 2.05) is 24.4 Å².